The molecule has 0 aromatic rings. The molecule has 1 atom stereocenters. The Bertz CT molecular complexity index is 144. The van der Waals surface area contributed by atoms with Crippen LogP contribution < -0.4 is 5.73 Å². The molecular formula is C6H9NO3. The van der Waals surface area contributed by atoms with Crippen LogP contribution in [0.2, 0.25) is 0 Å². The van der Waals surface area contributed by atoms with Gasteiger partial charge < -0.3 is 9.53 Å². The molecule has 4 heteroatoms. The molecule has 0 aliphatic heterocycles. The summed E-state index contributed by atoms with van der Waals surface area (Å²) >= 11 is 0. The molecule has 0 aromatic heterocycles. The lowest BCUT2D eigenvalue weighted by atomic mass is 10.4. The van der Waals surface area contributed by atoms with Crippen LogP contribution >= 0.6 is 0 Å². The number of carbonyl (C=O) groups is 2. The predicted molar refractivity (Wildman–Crippen MR) is 34.9 cm³/mol. The lowest BCUT2D eigenvalue weighted by Crippen LogP contribution is -2.26. The minimum Gasteiger partial charge on any atom is -0.443 e. The van der Waals surface area contributed by atoms with Gasteiger partial charge in [0.1, 0.15) is 6.29 Å². The molecule has 0 rings (SSSR count). The summed E-state index contributed by atoms with van der Waals surface area (Å²) in [7, 11) is 0. The van der Waals surface area contributed by atoms with Crippen molar-refractivity contribution in [1.29, 1.82) is 0 Å². The fourth-order valence-electron chi connectivity index (χ4n) is 0.340. The lowest BCUT2D eigenvalue weighted by Gasteiger charge is -2.06. The third kappa shape index (κ3) is 3.80. The fraction of sp³-hybridized carbons (Fsp3) is 0.333. The number of nitrogens with two attached hydrogens (primary N) is 1. The Balaban J connectivity index is 3.55. The van der Waals surface area contributed by atoms with Crippen LogP contribution in [0, 0.1) is 0 Å². The Morgan fingerprint density at radius 2 is 2.40 bits per heavy atom. The number of rotatable bonds is 4. The standard InChI is InChI=1S/C6H9NO3/c1-2-6(9)10-5(7)3-4-8/h2,4-5H,1,3,7H2. The Labute approximate surface area is 58.7 Å². The molecule has 0 heterocycles. The number of ether oxygens (including phenoxy) is 1. The molecular weight excluding hydrogens is 134 g/mol. The molecule has 0 spiro atoms. The highest BCUT2D eigenvalue weighted by molar-refractivity contribution is 5.81. The zero-order valence-electron chi connectivity index (χ0n) is 5.45. The summed E-state index contributed by atoms with van der Waals surface area (Å²) in [6.07, 6.45) is 0.744. The minimum atomic E-state index is -0.844. The highest BCUT2D eigenvalue weighted by Crippen LogP contribution is 1.88. The number of aldehydes is 1. The molecule has 56 valence electrons. The fourth-order valence-corrected chi connectivity index (χ4v) is 0.340. The Morgan fingerprint density at radius 3 is 2.80 bits per heavy atom. The van der Waals surface area contributed by atoms with E-state index in [0.717, 1.165) is 6.08 Å². The molecule has 1 unspecified atom stereocenters. The van der Waals surface area contributed by atoms with Gasteiger partial charge in [0, 0.05) is 6.08 Å². The highest BCUT2D eigenvalue weighted by atomic mass is 16.6. The maximum atomic E-state index is 10.4. The smallest absolute Gasteiger partial charge is 0.331 e. The molecule has 0 aromatic carbocycles. The van der Waals surface area contributed by atoms with Crippen LogP contribution in [-0.2, 0) is 14.3 Å². The van der Waals surface area contributed by atoms with Crippen LogP contribution in [0.3, 0.4) is 0 Å². The van der Waals surface area contributed by atoms with Gasteiger partial charge in [-0.25, -0.2) is 4.79 Å². The summed E-state index contributed by atoms with van der Waals surface area (Å²) < 4.78 is 4.43. The number of carbonyl (C=O) groups excluding carboxylic acids is 2. The van der Waals surface area contributed by atoms with Crippen LogP contribution in [0.5, 0.6) is 0 Å². The Morgan fingerprint density at radius 1 is 1.80 bits per heavy atom. The van der Waals surface area contributed by atoms with Crippen molar-refractivity contribution in [2.24, 2.45) is 5.73 Å². The topological polar surface area (TPSA) is 69.4 Å². The molecule has 0 fully saturated rings. The molecule has 10 heavy (non-hydrogen) atoms. The van der Waals surface area contributed by atoms with E-state index in [9.17, 15) is 9.59 Å². The number of hydrogen-bond donors (Lipinski definition) is 1. The van der Waals surface area contributed by atoms with Gasteiger partial charge in [-0.15, -0.1) is 0 Å². The molecule has 0 aliphatic rings. The van der Waals surface area contributed by atoms with Crippen molar-refractivity contribution in [3.63, 3.8) is 0 Å². The van der Waals surface area contributed by atoms with E-state index in [0.29, 0.717) is 6.29 Å². The molecule has 0 bridgehead atoms. The van der Waals surface area contributed by atoms with Crippen molar-refractivity contribution in [3.8, 4) is 0 Å². The molecule has 0 amide bonds. The van der Waals surface area contributed by atoms with E-state index in [1.807, 2.05) is 0 Å². The van der Waals surface area contributed by atoms with E-state index in [4.69, 9.17) is 5.73 Å². The van der Waals surface area contributed by atoms with Gasteiger partial charge in [0.15, 0.2) is 6.23 Å². The highest BCUT2D eigenvalue weighted by Gasteiger charge is 2.04. The summed E-state index contributed by atoms with van der Waals surface area (Å²) in [5.41, 5.74) is 5.14. The summed E-state index contributed by atoms with van der Waals surface area (Å²) in [5, 5.41) is 0. The summed E-state index contributed by atoms with van der Waals surface area (Å²) in [6, 6.07) is 0. The van der Waals surface area contributed by atoms with Crippen molar-refractivity contribution >= 4 is 12.3 Å². The number of esters is 1. The molecule has 2 N–H and O–H groups in total. The predicted octanol–water partition coefficient (Wildman–Crippen LogP) is -0.411. The molecule has 0 radical (unpaired) electrons. The van der Waals surface area contributed by atoms with Gasteiger partial charge in [0.25, 0.3) is 0 Å². The second-order valence-corrected chi connectivity index (χ2v) is 1.58. The third-order valence-corrected chi connectivity index (χ3v) is 0.763. The van der Waals surface area contributed by atoms with Crippen molar-refractivity contribution in [3.05, 3.63) is 12.7 Å². The van der Waals surface area contributed by atoms with Gasteiger partial charge in [-0.2, -0.15) is 0 Å². The summed E-state index contributed by atoms with van der Waals surface area (Å²) in [6.45, 7) is 3.16. The van der Waals surface area contributed by atoms with Crippen molar-refractivity contribution in [2.45, 2.75) is 12.6 Å². The maximum Gasteiger partial charge on any atom is 0.331 e. The van der Waals surface area contributed by atoms with E-state index in [1.54, 1.807) is 0 Å². The first kappa shape index (κ1) is 8.84. The first-order valence-electron chi connectivity index (χ1n) is 2.73. The number of hydrogen-bond acceptors (Lipinski definition) is 4. The Kier molecular flexibility index (Phi) is 4.15. The molecule has 0 saturated heterocycles. The Hall–Kier alpha value is -1.16. The van der Waals surface area contributed by atoms with E-state index in [2.05, 4.69) is 11.3 Å². The SMILES string of the molecule is C=CC(=O)OC(N)CC=O. The van der Waals surface area contributed by atoms with Crippen LogP contribution in [-0.4, -0.2) is 18.5 Å². The first-order chi connectivity index (χ1) is 4.70. The van der Waals surface area contributed by atoms with Gasteiger partial charge in [0.05, 0.1) is 6.42 Å². The van der Waals surface area contributed by atoms with Crippen molar-refractivity contribution in [2.75, 3.05) is 0 Å². The van der Waals surface area contributed by atoms with Crippen molar-refractivity contribution < 1.29 is 14.3 Å². The molecule has 0 aliphatic carbocycles. The minimum absolute atomic E-state index is 0.0135. The third-order valence-electron chi connectivity index (χ3n) is 0.763. The van der Waals surface area contributed by atoms with Gasteiger partial charge in [0.2, 0.25) is 0 Å². The summed E-state index contributed by atoms with van der Waals surface area (Å²) in [5.74, 6) is -0.616. The average Bonchev–Trinajstić information content (AvgIpc) is 1.88. The molecule has 4 nitrogen and oxygen atoms in total. The average molecular weight is 143 g/mol. The van der Waals surface area contributed by atoms with Crippen LogP contribution in [0.15, 0.2) is 12.7 Å². The first-order valence-corrected chi connectivity index (χ1v) is 2.73. The zero-order chi connectivity index (χ0) is 7.98. The second-order valence-electron chi connectivity index (χ2n) is 1.58. The van der Waals surface area contributed by atoms with E-state index in [-0.39, 0.29) is 6.42 Å². The van der Waals surface area contributed by atoms with Gasteiger partial charge in [-0.1, -0.05) is 6.58 Å². The zero-order valence-corrected chi connectivity index (χ0v) is 5.45. The normalized spacial score (nSPS) is 11.7. The monoisotopic (exact) mass is 143 g/mol. The van der Waals surface area contributed by atoms with Gasteiger partial charge in [-0.3, -0.25) is 5.73 Å². The van der Waals surface area contributed by atoms with E-state index < -0.39 is 12.2 Å². The second kappa shape index (κ2) is 4.69. The molecule has 0 saturated carbocycles. The van der Waals surface area contributed by atoms with Gasteiger partial charge in [-0.05, 0) is 0 Å². The quantitative estimate of drug-likeness (QED) is 0.251. The largest absolute Gasteiger partial charge is 0.443 e. The van der Waals surface area contributed by atoms with Gasteiger partial charge >= 0.3 is 5.97 Å². The lowest BCUT2D eigenvalue weighted by molar-refractivity contribution is -0.143. The summed E-state index contributed by atoms with van der Waals surface area (Å²) in [4.78, 5) is 20.1. The van der Waals surface area contributed by atoms with Crippen LogP contribution in [0.4, 0.5) is 0 Å². The maximum absolute atomic E-state index is 10.4. The van der Waals surface area contributed by atoms with E-state index in [1.165, 1.54) is 0 Å². The van der Waals surface area contributed by atoms with Crippen molar-refractivity contribution in [1.82, 2.24) is 0 Å². The van der Waals surface area contributed by atoms with Crippen LogP contribution in [0.25, 0.3) is 0 Å². The van der Waals surface area contributed by atoms with E-state index >= 15 is 0 Å². The van der Waals surface area contributed by atoms with Crippen LogP contribution in [0.1, 0.15) is 6.42 Å².